The molecule has 0 radical (unpaired) electrons. The molecule has 0 spiro atoms. The Balaban J connectivity index is 2.28. The molecule has 0 aromatic rings. The molecular weight excluding hydrogens is 136 g/mol. The first-order valence-corrected chi connectivity index (χ1v) is 4.46. The first-order chi connectivity index (χ1) is 5.36. The molecule has 0 aliphatic carbocycles. The van der Waals surface area contributed by atoms with Gasteiger partial charge in [-0.2, -0.15) is 5.26 Å². The van der Waals surface area contributed by atoms with Gasteiger partial charge in [-0.25, -0.2) is 0 Å². The number of hydrogen-bond donors (Lipinski definition) is 0. The maximum Gasteiger partial charge on any atom is 0.0625 e. The lowest BCUT2D eigenvalue weighted by atomic mass is 9.95. The van der Waals surface area contributed by atoms with Crippen molar-refractivity contribution in [1.82, 2.24) is 4.90 Å². The van der Waals surface area contributed by atoms with E-state index in [1.807, 2.05) is 0 Å². The molecule has 0 bridgehead atoms. The SMILES string of the molecule is CCN1CCCC(CC#N)C1. The van der Waals surface area contributed by atoms with Crippen LogP contribution in [-0.2, 0) is 0 Å². The zero-order valence-corrected chi connectivity index (χ0v) is 7.21. The number of rotatable bonds is 2. The van der Waals surface area contributed by atoms with E-state index in [-0.39, 0.29) is 0 Å². The maximum absolute atomic E-state index is 8.51. The third-order valence-corrected chi connectivity index (χ3v) is 2.43. The molecule has 1 aliphatic heterocycles. The van der Waals surface area contributed by atoms with E-state index in [9.17, 15) is 0 Å². The van der Waals surface area contributed by atoms with Gasteiger partial charge in [0, 0.05) is 13.0 Å². The van der Waals surface area contributed by atoms with Gasteiger partial charge >= 0.3 is 0 Å². The van der Waals surface area contributed by atoms with Crippen LogP contribution in [0.4, 0.5) is 0 Å². The Labute approximate surface area is 68.8 Å². The Kier molecular flexibility index (Phi) is 3.38. The van der Waals surface area contributed by atoms with Crippen molar-refractivity contribution in [3.05, 3.63) is 0 Å². The summed E-state index contributed by atoms with van der Waals surface area (Å²) in [5, 5.41) is 8.51. The highest BCUT2D eigenvalue weighted by Crippen LogP contribution is 2.18. The van der Waals surface area contributed by atoms with Gasteiger partial charge in [-0.15, -0.1) is 0 Å². The van der Waals surface area contributed by atoms with Crippen molar-refractivity contribution >= 4 is 0 Å². The quantitative estimate of drug-likeness (QED) is 0.601. The van der Waals surface area contributed by atoms with Crippen molar-refractivity contribution in [2.75, 3.05) is 19.6 Å². The van der Waals surface area contributed by atoms with E-state index < -0.39 is 0 Å². The van der Waals surface area contributed by atoms with E-state index >= 15 is 0 Å². The van der Waals surface area contributed by atoms with E-state index in [2.05, 4.69) is 17.9 Å². The van der Waals surface area contributed by atoms with Crippen LogP contribution in [0.2, 0.25) is 0 Å². The van der Waals surface area contributed by atoms with E-state index in [0.29, 0.717) is 5.92 Å². The van der Waals surface area contributed by atoms with Crippen LogP contribution in [0.25, 0.3) is 0 Å². The average molecular weight is 152 g/mol. The van der Waals surface area contributed by atoms with Crippen LogP contribution < -0.4 is 0 Å². The molecule has 1 saturated heterocycles. The minimum Gasteiger partial charge on any atom is -0.303 e. The third-order valence-electron chi connectivity index (χ3n) is 2.43. The average Bonchev–Trinajstić information content (AvgIpc) is 2.06. The summed E-state index contributed by atoms with van der Waals surface area (Å²) < 4.78 is 0. The molecule has 0 N–H and O–H groups in total. The van der Waals surface area contributed by atoms with Gasteiger partial charge in [0.05, 0.1) is 6.07 Å². The highest BCUT2D eigenvalue weighted by molar-refractivity contribution is 4.80. The van der Waals surface area contributed by atoms with Crippen molar-refractivity contribution in [2.24, 2.45) is 5.92 Å². The minimum absolute atomic E-state index is 0.647. The molecule has 1 aliphatic rings. The fraction of sp³-hybridized carbons (Fsp3) is 0.889. The van der Waals surface area contributed by atoms with Crippen molar-refractivity contribution in [3.63, 3.8) is 0 Å². The first kappa shape index (κ1) is 8.55. The molecule has 1 fully saturated rings. The predicted molar refractivity (Wildman–Crippen MR) is 45.1 cm³/mol. The van der Waals surface area contributed by atoms with Gasteiger partial charge in [-0.05, 0) is 31.8 Å². The fourth-order valence-corrected chi connectivity index (χ4v) is 1.73. The van der Waals surface area contributed by atoms with Gasteiger partial charge in [-0.1, -0.05) is 6.92 Å². The van der Waals surface area contributed by atoms with Gasteiger partial charge in [0.1, 0.15) is 0 Å². The third kappa shape index (κ3) is 2.51. The summed E-state index contributed by atoms with van der Waals surface area (Å²) >= 11 is 0. The highest BCUT2D eigenvalue weighted by atomic mass is 15.1. The second-order valence-corrected chi connectivity index (χ2v) is 3.26. The minimum atomic E-state index is 0.647. The molecule has 1 heterocycles. The molecule has 2 heteroatoms. The van der Waals surface area contributed by atoms with Gasteiger partial charge < -0.3 is 4.90 Å². The summed E-state index contributed by atoms with van der Waals surface area (Å²) in [5.74, 6) is 0.647. The largest absolute Gasteiger partial charge is 0.303 e. The normalized spacial score (nSPS) is 26.4. The van der Waals surface area contributed by atoms with Crippen LogP contribution in [0.15, 0.2) is 0 Å². The van der Waals surface area contributed by atoms with Gasteiger partial charge in [0.2, 0.25) is 0 Å². The molecule has 11 heavy (non-hydrogen) atoms. The number of hydrogen-bond acceptors (Lipinski definition) is 2. The molecule has 1 atom stereocenters. The zero-order chi connectivity index (χ0) is 8.10. The second kappa shape index (κ2) is 4.35. The Morgan fingerprint density at radius 1 is 1.64 bits per heavy atom. The first-order valence-electron chi connectivity index (χ1n) is 4.46. The predicted octanol–water partition coefficient (Wildman–Crippen LogP) is 1.63. The van der Waals surface area contributed by atoms with Crippen molar-refractivity contribution in [3.8, 4) is 6.07 Å². The van der Waals surface area contributed by atoms with E-state index in [1.54, 1.807) is 0 Å². The standard InChI is InChI=1S/C9H16N2/c1-2-11-7-3-4-9(8-11)5-6-10/h9H,2-5,7-8H2,1H3. The number of nitrogens with zero attached hydrogens (tertiary/aromatic N) is 2. The number of piperidine rings is 1. The summed E-state index contributed by atoms with van der Waals surface area (Å²) in [6, 6.07) is 2.26. The monoisotopic (exact) mass is 152 g/mol. The van der Waals surface area contributed by atoms with E-state index in [0.717, 1.165) is 19.5 Å². The zero-order valence-electron chi connectivity index (χ0n) is 7.21. The summed E-state index contributed by atoms with van der Waals surface area (Å²) in [4.78, 5) is 2.44. The van der Waals surface area contributed by atoms with Crippen molar-refractivity contribution < 1.29 is 0 Å². The molecule has 0 aromatic heterocycles. The Morgan fingerprint density at radius 2 is 2.45 bits per heavy atom. The molecule has 0 saturated carbocycles. The lowest BCUT2D eigenvalue weighted by Gasteiger charge is -2.30. The maximum atomic E-state index is 8.51. The number of nitriles is 1. The van der Waals surface area contributed by atoms with Crippen LogP contribution >= 0.6 is 0 Å². The van der Waals surface area contributed by atoms with Crippen LogP contribution in [-0.4, -0.2) is 24.5 Å². The van der Waals surface area contributed by atoms with Crippen molar-refractivity contribution in [2.45, 2.75) is 26.2 Å². The summed E-state index contributed by atoms with van der Waals surface area (Å²) in [5.41, 5.74) is 0. The molecular formula is C9H16N2. The Bertz CT molecular complexity index is 148. The molecule has 1 unspecified atom stereocenters. The van der Waals surface area contributed by atoms with E-state index in [1.165, 1.54) is 19.4 Å². The van der Waals surface area contributed by atoms with Crippen LogP contribution in [0.5, 0.6) is 0 Å². The summed E-state index contributed by atoms with van der Waals surface area (Å²) in [6.07, 6.45) is 3.28. The lowest BCUT2D eigenvalue weighted by Crippen LogP contribution is -2.34. The van der Waals surface area contributed by atoms with Crippen LogP contribution in [0, 0.1) is 17.2 Å². The molecule has 0 aromatic carbocycles. The topological polar surface area (TPSA) is 27.0 Å². The van der Waals surface area contributed by atoms with Crippen molar-refractivity contribution in [1.29, 1.82) is 5.26 Å². The highest BCUT2D eigenvalue weighted by Gasteiger charge is 2.17. The van der Waals surface area contributed by atoms with E-state index in [4.69, 9.17) is 5.26 Å². The summed E-state index contributed by atoms with van der Waals surface area (Å²) in [7, 11) is 0. The number of likely N-dealkylation sites (tertiary alicyclic amines) is 1. The second-order valence-electron chi connectivity index (χ2n) is 3.26. The van der Waals surface area contributed by atoms with Crippen LogP contribution in [0.3, 0.4) is 0 Å². The Hall–Kier alpha value is -0.550. The summed E-state index contributed by atoms with van der Waals surface area (Å²) in [6.45, 7) is 5.71. The lowest BCUT2D eigenvalue weighted by molar-refractivity contribution is 0.185. The molecule has 0 amide bonds. The van der Waals surface area contributed by atoms with Gasteiger partial charge in [0.25, 0.3) is 0 Å². The molecule has 2 nitrogen and oxygen atoms in total. The van der Waals surface area contributed by atoms with Gasteiger partial charge in [-0.3, -0.25) is 0 Å². The van der Waals surface area contributed by atoms with Gasteiger partial charge in [0.15, 0.2) is 0 Å². The smallest absolute Gasteiger partial charge is 0.0625 e. The Morgan fingerprint density at radius 3 is 3.09 bits per heavy atom. The molecule has 1 rings (SSSR count). The van der Waals surface area contributed by atoms with Crippen LogP contribution in [0.1, 0.15) is 26.2 Å². The fourth-order valence-electron chi connectivity index (χ4n) is 1.73. The molecule has 62 valence electrons.